The summed E-state index contributed by atoms with van der Waals surface area (Å²) in [6, 6.07) is 11.3. The van der Waals surface area contributed by atoms with Crippen molar-refractivity contribution in [3.8, 4) is 11.3 Å². The summed E-state index contributed by atoms with van der Waals surface area (Å²) in [7, 11) is 0. The van der Waals surface area contributed by atoms with E-state index >= 15 is 0 Å². The van der Waals surface area contributed by atoms with Crippen molar-refractivity contribution >= 4 is 10.9 Å². The topological polar surface area (TPSA) is 38.9 Å². The molecule has 3 nitrogen and oxygen atoms in total. The number of pyridine rings is 1. The molecule has 18 heavy (non-hydrogen) atoms. The van der Waals surface area contributed by atoms with Crippen LogP contribution in [0, 0.1) is 26.8 Å². The molecule has 0 spiro atoms. The molecule has 0 aliphatic carbocycles. The molecule has 0 saturated heterocycles. The summed E-state index contributed by atoms with van der Waals surface area (Å²) < 4.78 is 5.18. The number of aryl methyl sites for hydroxylation is 3. The SMILES string of the molecule is Cc1noc(C)c1-c1[c]cc2cccc(C)c2n1. The smallest absolute Gasteiger partial charge is 0.143 e. The van der Waals surface area contributed by atoms with Gasteiger partial charge in [0.2, 0.25) is 0 Å². The van der Waals surface area contributed by atoms with Gasteiger partial charge in [0.1, 0.15) is 5.76 Å². The molecule has 0 unspecified atom stereocenters. The summed E-state index contributed by atoms with van der Waals surface area (Å²) in [5.41, 5.74) is 4.76. The minimum Gasteiger partial charge on any atom is -0.361 e. The molecular formula is C15H13N2O. The van der Waals surface area contributed by atoms with E-state index in [9.17, 15) is 0 Å². The Bertz CT molecular complexity index is 709. The molecule has 0 N–H and O–H groups in total. The molecule has 0 fully saturated rings. The van der Waals surface area contributed by atoms with Gasteiger partial charge in [0.05, 0.1) is 22.5 Å². The van der Waals surface area contributed by atoms with Crippen LogP contribution in [-0.2, 0) is 0 Å². The molecule has 1 aromatic carbocycles. The Morgan fingerprint density at radius 2 is 2.00 bits per heavy atom. The van der Waals surface area contributed by atoms with E-state index in [1.54, 1.807) is 0 Å². The molecule has 0 aliphatic heterocycles. The lowest BCUT2D eigenvalue weighted by atomic mass is 10.1. The first-order chi connectivity index (χ1) is 8.66. The van der Waals surface area contributed by atoms with Crippen LogP contribution in [0.5, 0.6) is 0 Å². The Morgan fingerprint density at radius 3 is 2.72 bits per heavy atom. The fourth-order valence-electron chi connectivity index (χ4n) is 2.19. The van der Waals surface area contributed by atoms with E-state index in [-0.39, 0.29) is 0 Å². The molecule has 3 heteroatoms. The number of para-hydroxylation sites is 1. The molecule has 0 amide bonds. The van der Waals surface area contributed by atoms with E-state index < -0.39 is 0 Å². The summed E-state index contributed by atoms with van der Waals surface area (Å²) in [5.74, 6) is 0.782. The van der Waals surface area contributed by atoms with E-state index in [4.69, 9.17) is 4.52 Å². The number of hydrogen-bond donors (Lipinski definition) is 0. The molecule has 2 aromatic heterocycles. The van der Waals surface area contributed by atoms with Crippen molar-refractivity contribution in [2.24, 2.45) is 0 Å². The fourth-order valence-corrected chi connectivity index (χ4v) is 2.19. The second-order valence-electron chi connectivity index (χ2n) is 4.46. The zero-order chi connectivity index (χ0) is 12.7. The van der Waals surface area contributed by atoms with Gasteiger partial charge in [0.25, 0.3) is 0 Å². The maximum absolute atomic E-state index is 5.18. The third-order valence-electron chi connectivity index (χ3n) is 3.13. The van der Waals surface area contributed by atoms with Gasteiger partial charge in [-0.1, -0.05) is 23.4 Å². The first kappa shape index (κ1) is 11.0. The van der Waals surface area contributed by atoms with Gasteiger partial charge in [-0.05, 0) is 32.4 Å². The van der Waals surface area contributed by atoms with Crippen molar-refractivity contribution in [1.82, 2.24) is 10.1 Å². The highest BCUT2D eigenvalue weighted by molar-refractivity contribution is 5.84. The molecule has 89 valence electrons. The van der Waals surface area contributed by atoms with E-state index in [1.807, 2.05) is 32.0 Å². The lowest BCUT2D eigenvalue weighted by molar-refractivity contribution is 0.393. The molecule has 3 aromatic rings. The zero-order valence-electron chi connectivity index (χ0n) is 10.6. The van der Waals surface area contributed by atoms with E-state index in [0.29, 0.717) is 0 Å². The van der Waals surface area contributed by atoms with Gasteiger partial charge in [0, 0.05) is 11.5 Å². The van der Waals surface area contributed by atoms with Gasteiger partial charge in [0.15, 0.2) is 0 Å². The highest BCUT2D eigenvalue weighted by atomic mass is 16.5. The van der Waals surface area contributed by atoms with Crippen molar-refractivity contribution in [3.05, 3.63) is 47.3 Å². The third-order valence-corrected chi connectivity index (χ3v) is 3.13. The summed E-state index contributed by atoms with van der Waals surface area (Å²) in [6.07, 6.45) is 0. The highest BCUT2D eigenvalue weighted by Crippen LogP contribution is 2.27. The minimum absolute atomic E-state index is 0.782. The van der Waals surface area contributed by atoms with Crippen molar-refractivity contribution in [2.75, 3.05) is 0 Å². The fraction of sp³-hybridized carbons (Fsp3) is 0.200. The first-order valence-electron chi connectivity index (χ1n) is 5.88. The number of aromatic nitrogens is 2. The first-order valence-corrected chi connectivity index (χ1v) is 5.88. The van der Waals surface area contributed by atoms with Crippen LogP contribution in [-0.4, -0.2) is 10.1 Å². The zero-order valence-corrected chi connectivity index (χ0v) is 10.6. The van der Waals surface area contributed by atoms with Crippen molar-refractivity contribution in [3.63, 3.8) is 0 Å². The molecule has 0 saturated carbocycles. The number of rotatable bonds is 1. The van der Waals surface area contributed by atoms with Crippen LogP contribution in [0.3, 0.4) is 0 Å². The molecule has 1 radical (unpaired) electrons. The Morgan fingerprint density at radius 1 is 1.17 bits per heavy atom. The van der Waals surface area contributed by atoms with Crippen LogP contribution < -0.4 is 0 Å². The molecular weight excluding hydrogens is 224 g/mol. The predicted molar refractivity (Wildman–Crippen MR) is 70.3 cm³/mol. The predicted octanol–water partition coefficient (Wildman–Crippen LogP) is 3.62. The van der Waals surface area contributed by atoms with Gasteiger partial charge >= 0.3 is 0 Å². The van der Waals surface area contributed by atoms with Crippen LogP contribution in [0.1, 0.15) is 17.0 Å². The molecule has 0 atom stereocenters. The second kappa shape index (κ2) is 3.95. The molecule has 3 rings (SSSR count). The van der Waals surface area contributed by atoms with Crippen LogP contribution in [0.15, 0.2) is 28.8 Å². The lowest BCUT2D eigenvalue weighted by Gasteiger charge is -2.04. The maximum atomic E-state index is 5.18. The number of nitrogens with zero attached hydrogens (tertiary/aromatic N) is 2. The number of hydrogen-bond acceptors (Lipinski definition) is 3. The van der Waals surface area contributed by atoms with E-state index in [2.05, 4.69) is 29.2 Å². The number of benzene rings is 1. The van der Waals surface area contributed by atoms with Gasteiger partial charge in [-0.25, -0.2) is 4.98 Å². The van der Waals surface area contributed by atoms with Gasteiger partial charge in [-0.15, -0.1) is 0 Å². The lowest BCUT2D eigenvalue weighted by Crippen LogP contribution is -1.90. The van der Waals surface area contributed by atoms with Crippen molar-refractivity contribution in [2.45, 2.75) is 20.8 Å². The average molecular weight is 237 g/mol. The standard InChI is InChI=1S/C15H13N2O/c1-9-5-4-6-12-7-8-13(16-15(9)12)14-10(2)17-18-11(14)3/h4-7H,1-3H3. The molecule has 2 heterocycles. The van der Waals surface area contributed by atoms with Crippen LogP contribution in [0.4, 0.5) is 0 Å². The Labute approximate surface area is 105 Å². The van der Waals surface area contributed by atoms with E-state index in [0.717, 1.165) is 39.2 Å². The Hall–Kier alpha value is -2.16. The molecule has 0 aliphatic rings. The van der Waals surface area contributed by atoms with Crippen LogP contribution in [0.25, 0.3) is 22.2 Å². The quantitative estimate of drug-likeness (QED) is 0.649. The highest BCUT2D eigenvalue weighted by Gasteiger charge is 2.13. The Balaban J connectivity index is 2.29. The van der Waals surface area contributed by atoms with Gasteiger partial charge in [-0.3, -0.25) is 0 Å². The third kappa shape index (κ3) is 1.59. The summed E-state index contributed by atoms with van der Waals surface area (Å²) >= 11 is 0. The number of fused-ring (bicyclic) bond motifs is 1. The monoisotopic (exact) mass is 237 g/mol. The second-order valence-corrected chi connectivity index (χ2v) is 4.46. The van der Waals surface area contributed by atoms with Crippen LogP contribution >= 0.6 is 0 Å². The minimum atomic E-state index is 0.782. The average Bonchev–Trinajstić information content (AvgIpc) is 2.69. The van der Waals surface area contributed by atoms with Crippen molar-refractivity contribution in [1.29, 1.82) is 0 Å². The largest absolute Gasteiger partial charge is 0.361 e. The summed E-state index contributed by atoms with van der Waals surface area (Å²) in [6.45, 7) is 5.88. The normalized spacial score (nSPS) is 11.1. The molecule has 0 bridgehead atoms. The Kier molecular flexibility index (Phi) is 2.40. The van der Waals surface area contributed by atoms with Gasteiger partial charge < -0.3 is 4.52 Å². The summed E-state index contributed by atoms with van der Waals surface area (Å²) in [5, 5.41) is 5.06. The van der Waals surface area contributed by atoms with E-state index in [1.165, 1.54) is 0 Å². The van der Waals surface area contributed by atoms with Gasteiger partial charge in [-0.2, -0.15) is 0 Å². The summed E-state index contributed by atoms with van der Waals surface area (Å²) in [4.78, 5) is 4.68. The van der Waals surface area contributed by atoms with Crippen molar-refractivity contribution < 1.29 is 4.52 Å². The maximum Gasteiger partial charge on any atom is 0.143 e. The van der Waals surface area contributed by atoms with Crippen LogP contribution in [0.2, 0.25) is 0 Å².